The fraction of sp³-hybridized carbons (Fsp3) is 0.440. The molecule has 1 N–H and O–H groups in total. The Balaban J connectivity index is 1.37. The second kappa shape index (κ2) is 9.94. The quantitative estimate of drug-likeness (QED) is 0.612. The molecule has 4 rings (SSSR count). The van der Waals surface area contributed by atoms with Crippen LogP contribution in [0.5, 0.6) is 5.75 Å². The average Bonchev–Trinajstić information content (AvgIpc) is 2.86. The van der Waals surface area contributed by atoms with Crippen molar-refractivity contribution >= 4 is 22.8 Å². The lowest BCUT2D eigenvalue weighted by atomic mass is 9.95. The van der Waals surface area contributed by atoms with Gasteiger partial charge in [0.15, 0.2) is 5.65 Å². The largest absolute Gasteiger partial charge is 0.496 e. The topological polar surface area (TPSA) is 80.2 Å². The van der Waals surface area contributed by atoms with E-state index in [0.717, 1.165) is 72.7 Å². The van der Waals surface area contributed by atoms with Crippen molar-refractivity contribution in [1.82, 2.24) is 20.3 Å². The lowest BCUT2D eigenvalue weighted by molar-refractivity contribution is -0.125. The number of hydrogen-bond donors (Lipinski definition) is 1. The standard InChI is InChI=1S/C25H31N5O2/c1-4-20-21(5-2)29-24-22(28-20)14-19(16-26-24)30-12-10-17(11-13-30)25(31)27-15-18-8-6-7-9-23(18)32-3/h6-9,14,16-17H,4-5,10-13,15H2,1-3H3,(H,27,31). The number of hydrogen-bond acceptors (Lipinski definition) is 6. The zero-order valence-electron chi connectivity index (χ0n) is 19.1. The van der Waals surface area contributed by atoms with Crippen LogP contribution in [0.4, 0.5) is 5.69 Å². The molecule has 0 saturated carbocycles. The maximum atomic E-state index is 12.7. The summed E-state index contributed by atoms with van der Waals surface area (Å²) in [4.78, 5) is 29.1. The summed E-state index contributed by atoms with van der Waals surface area (Å²) in [5, 5.41) is 3.08. The molecule has 0 aliphatic carbocycles. The third kappa shape index (κ3) is 4.66. The summed E-state index contributed by atoms with van der Waals surface area (Å²) in [5.74, 6) is 0.928. The lowest BCUT2D eigenvalue weighted by Crippen LogP contribution is -2.40. The molecule has 2 aromatic heterocycles. The number of nitrogens with one attached hydrogen (secondary N) is 1. The highest BCUT2D eigenvalue weighted by molar-refractivity contribution is 5.79. The minimum Gasteiger partial charge on any atom is -0.496 e. The first-order valence-electron chi connectivity index (χ1n) is 11.4. The number of aryl methyl sites for hydroxylation is 2. The zero-order valence-corrected chi connectivity index (χ0v) is 19.1. The van der Waals surface area contributed by atoms with E-state index in [1.54, 1.807) is 7.11 Å². The van der Waals surface area contributed by atoms with Crippen molar-refractivity contribution in [2.45, 2.75) is 46.1 Å². The van der Waals surface area contributed by atoms with Gasteiger partial charge in [-0.25, -0.2) is 15.0 Å². The highest BCUT2D eigenvalue weighted by Gasteiger charge is 2.25. The molecule has 1 aliphatic heterocycles. The van der Waals surface area contributed by atoms with E-state index in [-0.39, 0.29) is 11.8 Å². The van der Waals surface area contributed by atoms with Crippen LogP contribution in [0, 0.1) is 5.92 Å². The Morgan fingerprint density at radius 1 is 1.12 bits per heavy atom. The normalized spacial score (nSPS) is 14.5. The van der Waals surface area contributed by atoms with Gasteiger partial charge in [0.05, 0.1) is 30.4 Å². The zero-order chi connectivity index (χ0) is 22.5. The molecule has 0 radical (unpaired) electrons. The van der Waals surface area contributed by atoms with E-state index in [1.165, 1.54) is 0 Å². The Morgan fingerprint density at radius 2 is 1.84 bits per heavy atom. The Kier molecular flexibility index (Phi) is 6.83. The van der Waals surface area contributed by atoms with Gasteiger partial charge in [0.2, 0.25) is 5.91 Å². The molecule has 168 valence electrons. The number of anilines is 1. The molecule has 0 atom stereocenters. The summed E-state index contributed by atoms with van der Waals surface area (Å²) in [5.41, 5.74) is 5.65. The van der Waals surface area contributed by atoms with Crippen LogP contribution in [-0.4, -0.2) is 41.1 Å². The van der Waals surface area contributed by atoms with Crippen molar-refractivity contribution in [2.24, 2.45) is 5.92 Å². The van der Waals surface area contributed by atoms with Crippen molar-refractivity contribution < 1.29 is 9.53 Å². The number of benzene rings is 1. The number of nitrogens with zero attached hydrogens (tertiary/aromatic N) is 4. The molecule has 1 saturated heterocycles. The van der Waals surface area contributed by atoms with Gasteiger partial charge in [-0.2, -0.15) is 0 Å². The van der Waals surface area contributed by atoms with Crippen molar-refractivity contribution in [2.75, 3.05) is 25.1 Å². The Labute approximate surface area is 189 Å². The van der Waals surface area contributed by atoms with Gasteiger partial charge < -0.3 is 15.0 Å². The summed E-state index contributed by atoms with van der Waals surface area (Å²) in [7, 11) is 1.65. The van der Waals surface area contributed by atoms with Gasteiger partial charge >= 0.3 is 0 Å². The van der Waals surface area contributed by atoms with Crippen molar-refractivity contribution in [3.8, 4) is 5.75 Å². The summed E-state index contributed by atoms with van der Waals surface area (Å²) in [6, 6.07) is 9.85. The Hall–Kier alpha value is -3.22. The smallest absolute Gasteiger partial charge is 0.223 e. The number of piperidine rings is 1. The molecule has 0 bridgehead atoms. The Morgan fingerprint density at radius 3 is 2.56 bits per heavy atom. The van der Waals surface area contributed by atoms with Crippen LogP contribution in [0.3, 0.4) is 0 Å². The van der Waals surface area contributed by atoms with Gasteiger partial charge in [0.25, 0.3) is 0 Å². The first kappa shape index (κ1) is 22.0. The molecule has 3 aromatic rings. The number of pyridine rings is 1. The predicted octanol–water partition coefficient (Wildman–Crippen LogP) is 3.69. The van der Waals surface area contributed by atoms with Gasteiger partial charge in [0.1, 0.15) is 11.3 Å². The number of carbonyl (C=O) groups is 1. The summed E-state index contributed by atoms with van der Waals surface area (Å²) in [6.45, 7) is 6.33. The Bertz CT molecular complexity index is 1090. The van der Waals surface area contributed by atoms with Crippen LogP contribution in [0.1, 0.15) is 43.6 Å². The molecule has 1 amide bonds. The molecule has 7 nitrogen and oxygen atoms in total. The number of carbonyl (C=O) groups excluding carboxylic acids is 1. The molecular formula is C25H31N5O2. The molecule has 0 spiro atoms. The number of para-hydroxylation sites is 1. The molecule has 1 aliphatic rings. The second-order valence-corrected chi connectivity index (χ2v) is 8.15. The van der Waals surface area contributed by atoms with Gasteiger partial charge in [-0.05, 0) is 37.8 Å². The number of rotatable bonds is 7. The van der Waals surface area contributed by atoms with E-state index in [9.17, 15) is 4.79 Å². The van der Waals surface area contributed by atoms with E-state index < -0.39 is 0 Å². The highest BCUT2D eigenvalue weighted by atomic mass is 16.5. The SMILES string of the molecule is CCc1nc2cc(N3CCC(C(=O)NCc4ccccc4OC)CC3)cnc2nc1CC. The van der Waals surface area contributed by atoms with E-state index in [0.29, 0.717) is 12.2 Å². The lowest BCUT2D eigenvalue weighted by Gasteiger charge is -2.32. The van der Waals surface area contributed by atoms with Crippen LogP contribution in [0.2, 0.25) is 0 Å². The first-order chi connectivity index (χ1) is 15.6. The van der Waals surface area contributed by atoms with E-state index in [2.05, 4.69) is 40.1 Å². The molecule has 1 fully saturated rings. The average molecular weight is 434 g/mol. The minimum absolute atomic E-state index is 0.0213. The summed E-state index contributed by atoms with van der Waals surface area (Å²) in [6.07, 6.45) is 5.24. The highest BCUT2D eigenvalue weighted by Crippen LogP contribution is 2.25. The van der Waals surface area contributed by atoms with Crippen LogP contribution in [0.15, 0.2) is 36.5 Å². The van der Waals surface area contributed by atoms with Crippen molar-refractivity contribution in [3.63, 3.8) is 0 Å². The molecule has 3 heterocycles. The minimum atomic E-state index is 0.0213. The van der Waals surface area contributed by atoms with E-state index in [4.69, 9.17) is 9.72 Å². The van der Waals surface area contributed by atoms with Gasteiger partial charge in [-0.1, -0.05) is 32.0 Å². The molecule has 32 heavy (non-hydrogen) atoms. The number of amides is 1. The maximum absolute atomic E-state index is 12.7. The first-order valence-corrected chi connectivity index (χ1v) is 11.4. The van der Waals surface area contributed by atoms with Crippen LogP contribution in [0.25, 0.3) is 11.2 Å². The molecule has 1 aromatic carbocycles. The van der Waals surface area contributed by atoms with Crippen LogP contribution in [-0.2, 0) is 24.2 Å². The van der Waals surface area contributed by atoms with Gasteiger partial charge in [-0.3, -0.25) is 4.79 Å². The van der Waals surface area contributed by atoms with Crippen LogP contribution < -0.4 is 15.0 Å². The number of aromatic nitrogens is 3. The van der Waals surface area contributed by atoms with Crippen LogP contribution >= 0.6 is 0 Å². The molecule has 7 heteroatoms. The van der Waals surface area contributed by atoms with Crippen molar-refractivity contribution in [1.29, 1.82) is 0 Å². The number of methoxy groups -OCH3 is 1. The predicted molar refractivity (Wildman–Crippen MR) is 126 cm³/mol. The molecule has 0 unspecified atom stereocenters. The summed E-state index contributed by atoms with van der Waals surface area (Å²) < 4.78 is 5.37. The fourth-order valence-electron chi connectivity index (χ4n) is 4.32. The van der Waals surface area contributed by atoms with Gasteiger partial charge in [0, 0.05) is 31.1 Å². The van der Waals surface area contributed by atoms with Crippen molar-refractivity contribution in [3.05, 3.63) is 53.5 Å². The molecular weight excluding hydrogens is 402 g/mol. The van der Waals surface area contributed by atoms with E-state index >= 15 is 0 Å². The number of fused-ring (bicyclic) bond motifs is 1. The third-order valence-corrected chi connectivity index (χ3v) is 6.21. The second-order valence-electron chi connectivity index (χ2n) is 8.15. The third-order valence-electron chi connectivity index (χ3n) is 6.21. The number of ether oxygens (including phenoxy) is 1. The monoisotopic (exact) mass is 433 g/mol. The fourth-order valence-corrected chi connectivity index (χ4v) is 4.32. The van der Waals surface area contributed by atoms with E-state index in [1.807, 2.05) is 30.5 Å². The van der Waals surface area contributed by atoms with Gasteiger partial charge in [-0.15, -0.1) is 0 Å². The summed E-state index contributed by atoms with van der Waals surface area (Å²) >= 11 is 0. The maximum Gasteiger partial charge on any atom is 0.223 e.